The third-order valence-corrected chi connectivity index (χ3v) is 4.69. The summed E-state index contributed by atoms with van der Waals surface area (Å²) in [6.45, 7) is -0.445. The summed E-state index contributed by atoms with van der Waals surface area (Å²) in [6, 6.07) is 7.67. The molecule has 0 spiro atoms. The van der Waals surface area contributed by atoms with Gasteiger partial charge in [0, 0.05) is 0 Å². The highest BCUT2D eigenvalue weighted by Gasteiger charge is 2.34. The third kappa shape index (κ3) is 5.14. The lowest BCUT2D eigenvalue weighted by Gasteiger charge is -2.17. The molecule has 10 heteroatoms. The molecule has 1 atom stereocenters. The van der Waals surface area contributed by atoms with Gasteiger partial charge in [0.25, 0.3) is 5.91 Å². The number of carboxylic acid groups (broad SMARTS) is 1. The summed E-state index contributed by atoms with van der Waals surface area (Å²) >= 11 is 6.17. The largest absolute Gasteiger partial charge is 0.480 e. The summed E-state index contributed by atoms with van der Waals surface area (Å²) in [5, 5.41) is 11.2. The molecule has 0 radical (unpaired) electrons. The van der Waals surface area contributed by atoms with Crippen molar-refractivity contribution in [3.05, 3.63) is 40.8 Å². The van der Waals surface area contributed by atoms with E-state index in [9.17, 15) is 19.2 Å². The van der Waals surface area contributed by atoms with Gasteiger partial charge in [0.1, 0.15) is 16.9 Å². The molecule has 8 nitrogen and oxygen atoms in total. The van der Waals surface area contributed by atoms with Crippen molar-refractivity contribution in [2.24, 2.45) is 5.73 Å². The highest BCUT2D eigenvalue weighted by Crippen LogP contribution is 2.32. The summed E-state index contributed by atoms with van der Waals surface area (Å²) in [7, 11) is 0. The van der Waals surface area contributed by atoms with Gasteiger partial charge in [-0.25, -0.2) is 4.79 Å². The van der Waals surface area contributed by atoms with Crippen LogP contribution >= 0.6 is 24.0 Å². The van der Waals surface area contributed by atoms with Crippen molar-refractivity contribution in [2.45, 2.75) is 12.5 Å². The van der Waals surface area contributed by atoms with Crippen molar-refractivity contribution in [2.75, 3.05) is 6.54 Å². The Bertz CT molecular complexity index is 794. The Balaban J connectivity index is 2.05. The molecule has 26 heavy (non-hydrogen) atoms. The van der Waals surface area contributed by atoms with E-state index in [2.05, 4.69) is 5.32 Å². The monoisotopic (exact) mass is 393 g/mol. The minimum absolute atomic E-state index is 0.189. The van der Waals surface area contributed by atoms with Gasteiger partial charge in [-0.3, -0.25) is 19.3 Å². The van der Waals surface area contributed by atoms with E-state index in [1.54, 1.807) is 6.08 Å². The lowest BCUT2D eigenvalue weighted by atomic mass is 10.2. The first-order valence-corrected chi connectivity index (χ1v) is 8.61. The van der Waals surface area contributed by atoms with Gasteiger partial charge in [-0.1, -0.05) is 54.3 Å². The van der Waals surface area contributed by atoms with Gasteiger partial charge in [0.2, 0.25) is 11.8 Å². The zero-order valence-electron chi connectivity index (χ0n) is 13.4. The molecule has 0 saturated carbocycles. The number of nitrogens with two attached hydrogens (primary N) is 1. The van der Waals surface area contributed by atoms with Crippen LogP contribution in [0.25, 0.3) is 6.08 Å². The third-order valence-electron chi connectivity index (χ3n) is 3.31. The second kappa shape index (κ2) is 8.59. The highest BCUT2D eigenvalue weighted by molar-refractivity contribution is 8.26. The van der Waals surface area contributed by atoms with Crippen molar-refractivity contribution in [1.29, 1.82) is 0 Å². The van der Waals surface area contributed by atoms with E-state index in [0.29, 0.717) is 4.91 Å². The fourth-order valence-corrected chi connectivity index (χ4v) is 3.38. The van der Waals surface area contributed by atoms with Crippen LogP contribution in [0.5, 0.6) is 0 Å². The molecule has 1 fully saturated rings. The first-order chi connectivity index (χ1) is 12.3. The van der Waals surface area contributed by atoms with Crippen molar-refractivity contribution >= 4 is 58.1 Å². The van der Waals surface area contributed by atoms with Crippen LogP contribution in [-0.4, -0.2) is 50.6 Å². The molecule has 1 aromatic carbocycles. The van der Waals surface area contributed by atoms with Crippen LogP contribution in [0.3, 0.4) is 0 Å². The number of hydrogen-bond donors (Lipinski definition) is 3. The number of nitrogens with one attached hydrogen (secondary N) is 1. The standard InChI is InChI=1S/C16H15N3O5S2/c17-12(20)7-10(15(23)24)18-13(21)8-19-14(22)11(26-16(19)25)6-9-4-2-1-3-5-9/h1-6,10H,7-8H2,(H2,17,20)(H,18,21)(H,23,24)/b11-6-. The predicted molar refractivity (Wildman–Crippen MR) is 99.7 cm³/mol. The minimum Gasteiger partial charge on any atom is -0.480 e. The number of carboxylic acids is 1. The lowest BCUT2D eigenvalue weighted by molar-refractivity contribution is -0.143. The SMILES string of the molecule is NC(=O)CC(NC(=O)CN1C(=O)/C(=C/c2ccccc2)SC1=S)C(=O)O. The van der Waals surface area contributed by atoms with Gasteiger partial charge in [-0.2, -0.15) is 0 Å². The number of carbonyl (C=O) groups excluding carboxylic acids is 3. The van der Waals surface area contributed by atoms with E-state index in [1.807, 2.05) is 30.3 Å². The van der Waals surface area contributed by atoms with Crippen molar-refractivity contribution in [3.63, 3.8) is 0 Å². The number of hydrogen-bond acceptors (Lipinski definition) is 6. The normalized spacial score (nSPS) is 16.6. The fraction of sp³-hybridized carbons (Fsp3) is 0.188. The van der Waals surface area contributed by atoms with Gasteiger partial charge in [-0.05, 0) is 11.6 Å². The molecule has 1 aromatic rings. The van der Waals surface area contributed by atoms with Crippen molar-refractivity contribution in [1.82, 2.24) is 10.2 Å². The molecule has 2 rings (SSSR count). The van der Waals surface area contributed by atoms with Gasteiger partial charge in [-0.15, -0.1) is 0 Å². The van der Waals surface area contributed by atoms with E-state index >= 15 is 0 Å². The minimum atomic E-state index is -1.46. The number of benzene rings is 1. The fourth-order valence-electron chi connectivity index (χ4n) is 2.12. The summed E-state index contributed by atoms with van der Waals surface area (Å²) in [6.07, 6.45) is 1.11. The molecule has 4 N–H and O–H groups in total. The summed E-state index contributed by atoms with van der Waals surface area (Å²) in [5.74, 6) is -3.46. The maximum atomic E-state index is 12.4. The van der Waals surface area contributed by atoms with E-state index in [4.69, 9.17) is 23.1 Å². The number of rotatable bonds is 7. The molecule has 1 unspecified atom stereocenters. The Hall–Kier alpha value is -2.72. The molecule has 1 aliphatic rings. The molecule has 3 amide bonds. The van der Waals surface area contributed by atoms with Crippen molar-refractivity contribution < 1.29 is 24.3 Å². The molecule has 1 saturated heterocycles. The number of amides is 3. The first kappa shape index (κ1) is 19.6. The Morgan fingerprint density at radius 3 is 2.54 bits per heavy atom. The second-order valence-corrected chi connectivity index (χ2v) is 6.98. The molecule has 1 aliphatic heterocycles. The van der Waals surface area contributed by atoms with Gasteiger partial charge >= 0.3 is 5.97 Å². The van der Waals surface area contributed by atoms with E-state index in [1.165, 1.54) is 0 Å². The lowest BCUT2D eigenvalue weighted by Crippen LogP contribution is -2.47. The van der Waals surface area contributed by atoms with E-state index in [-0.39, 0.29) is 4.32 Å². The Morgan fingerprint density at radius 1 is 1.31 bits per heavy atom. The average Bonchev–Trinajstić information content (AvgIpc) is 2.82. The van der Waals surface area contributed by atoms with Crippen LogP contribution in [0.2, 0.25) is 0 Å². The summed E-state index contributed by atoms with van der Waals surface area (Å²) in [5.41, 5.74) is 5.77. The molecule has 136 valence electrons. The maximum Gasteiger partial charge on any atom is 0.326 e. The van der Waals surface area contributed by atoms with Crippen LogP contribution in [0.4, 0.5) is 0 Å². The average molecular weight is 393 g/mol. The molecule has 1 heterocycles. The van der Waals surface area contributed by atoms with Gasteiger partial charge in [0.05, 0.1) is 11.3 Å². The molecule has 0 aromatic heterocycles. The number of carbonyl (C=O) groups is 4. The molecule has 0 bridgehead atoms. The molecular formula is C16H15N3O5S2. The number of nitrogens with zero attached hydrogens (tertiary/aromatic N) is 1. The zero-order chi connectivity index (χ0) is 19.3. The summed E-state index contributed by atoms with van der Waals surface area (Å²) in [4.78, 5) is 47.8. The Kier molecular flexibility index (Phi) is 6.47. The maximum absolute atomic E-state index is 12.4. The van der Waals surface area contributed by atoms with Crippen LogP contribution in [0, 0.1) is 0 Å². The van der Waals surface area contributed by atoms with Crippen LogP contribution in [0.1, 0.15) is 12.0 Å². The van der Waals surface area contributed by atoms with E-state index < -0.39 is 42.7 Å². The molecule has 0 aliphatic carbocycles. The molecular weight excluding hydrogens is 378 g/mol. The van der Waals surface area contributed by atoms with Gasteiger partial charge in [0.15, 0.2) is 0 Å². The Morgan fingerprint density at radius 2 is 1.96 bits per heavy atom. The topological polar surface area (TPSA) is 130 Å². The predicted octanol–water partition coefficient (Wildman–Crippen LogP) is 0.333. The van der Waals surface area contributed by atoms with Gasteiger partial charge < -0.3 is 16.2 Å². The van der Waals surface area contributed by atoms with Crippen LogP contribution in [-0.2, 0) is 19.2 Å². The summed E-state index contributed by atoms with van der Waals surface area (Å²) < 4.78 is 0.189. The Labute approximate surface area is 158 Å². The van der Waals surface area contributed by atoms with Crippen LogP contribution < -0.4 is 11.1 Å². The number of primary amides is 1. The number of aliphatic carboxylic acids is 1. The second-order valence-electron chi connectivity index (χ2n) is 5.31. The number of thiocarbonyl (C=S) groups is 1. The first-order valence-electron chi connectivity index (χ1n) is 7.39. The smallest absolute Gasteiger partial charge is 0.326 e. The van der Waals surface area contributed by atoms with Crippen molar-refractivity contribution in [3.8, 4) is 0 Å². The van der Waals surface area contributed by atoms with Crippen LogP contribution in [0.15, 0.2) is 35.2 Å². The number of thioether (sulfide) groups is 1. The van der Waals surface area contributed by atoms with E-state index in [0.717, 1.165) is 22.2 Å². The quantitative estimate of drug-likeness (QED) is 0.450. The highest BCUT2D eigenvalue weighted by atomic mass is 32.2. The zero-order valence-corrected chi connectivity index (χ0v) is 15.0.